The fraction of sp³-hybridized carbons (Fsp3) is 0.0833. The first-order chi connectivity index (χ1) is 14.5. The third kappa shape index (κ3) is 3.97. The summed E-state index contributed by atoms with van der Waals surface area (Å²) < 4.78 is 6.54. The third-order valence-corrected chi connectivity index (χ3v) is 5.44. The van der Waals surface area contributed by atoms with Crippen LogP contribution in [-0.2, 0) is 16.1 Å². The zero-order valence-electron chi connectivity index (χ0n) is 16.1. The Bertz CT molecular complexity index is 1240. The van der Waals surface area contributed by atoms with Gasteiger partial charge >= 0.3 is 5.97 Å². The van der Waals surface area contributed by atoms with E-state index in [2.05, 4.69) is 0 Å². The quantitative estimate of drug-likeness (QED) is 0.283. The summed E-state index contributed by atoms with van der Waals surface area (Å²) in [6, 6.07) is 20.1. The number of fused-ring (bicyclic) bond motifs is 1. The number of methoxy groups -OCH3 is 1. The number of aromatic nitrogens is 1. The van der Waals surface area contributed by atoms with Crippen LogP contribution in [0.3, 0.4) is 0 Å². The Morgan fingerprint density at radius 1 is 0.867 bits per heavy atom. The summed E-state index contributed by atoms with van der Waals surface area (Å²) in [5, 5.41) is 1.97. The molecule has 3 aromatic carbocycles. The summed E-state index contributed by atoms with van der Waals surface area (Å²) in [7, 11) is 1.34. The van der Waals surface area contributed by atoms with Crippen LogP contribution in [0.5, 0.6) is 0 Å². The number of rotatable bonds is 5. The average molecular weight is 438 g/mol. The molecule has 0 fully saturated rings. The van der Waals surface area contributed by atoms with Crippen molar-refractivity contribution in [2.45, 2.75) is 6.54 Å². The zero-order valence-corrected chi connectivity index (χ0v) is 17.6. The number of hydrogen-bond donors (Lipinski definition) is 0. The lowest BCUT2D eigenvalue weighted by Gasteiger charge is -2.06. The molecule has 0 spiro atoms. The second kappa shape index (κ2) is 8.34. The van der Waals surface area contributed by atoms with Crippen molar-refractivity contribution in [1.82, 2.24) is 4.57 Å². The minimum Gasteiger partial charge on any atom is -0.468 e. The molecule has 0 aliphatic rings. The van der Waals surface area contributed by atoms with Crippen LogP contribution in [0.4, 0.5) is 0 Å². The van der Waals surface area contributed by atoms with Gasteiger partial charge < -0.3 is 9.30 Å². The van der Waals surface area contributed by atoms with Crippen LogP contribution < -0.4 is 0 Å². The van der Waals surface area contributed by atoms with Gasteiger partial charge in [0, 0.05) is 38.3 Å². The maximum absolute atomic E-state index is 13.2. The predicted octanol–water partition coefficient (Wildman–Crippen LogP) is 6.02. The molecule has 0 saturated carbocycles. The summed E-state index contributed by atoms with van der Waals surface area (Å²) in [5.74, 6) is -0.535. The molecular formula is C24H17Cl2NO3. The standard InChI is InChI=1S/C24H17Cl2NO3/c1-30-23(28)14-27-13-21(24(29)16-4-9-19(26)10-5-16)20-12-17(6-11-22(20)27)15-2-7-18(25)8-3-15/h2-13H,14H2,1H3. The van der Waals surface area contributed by atoms with Crippen molar-refractivity contribution >= 4 is 45.9 Å². The van der Waals surface area contributed by atoms with E-state index >= 15 is 0 Å². The van der Waals surface area contributed by atoms with Crippen LogP contribution in [0.15, 0.2) is 72.9 Å². The van der Waals surface area contributed by atoms with E-state index < -0.39 is 0 Å². The molecule has 0 aliphatic carbocycles. The maximum Gasteiger partial charge on any atom is 0.325 e. The van der Waals surface area contributed by atoms with Gasteiger partial charge in [-0.2, -0.15) is 0 Å². The molecule has 150 valence electrons. The van der Waals surface area contributed by atoms with Crippen LogP contribution in [0, 0.1) is 0 Å². The Labute approximate surface area is 183 Å². The summed E-state index contributed by atoms with van der Waals surface area (Å²) >= 11 is 12.0. The number of halogens is 2. The van der Waals surface area contributed by atoms with Gasteiger partial charge in [0.15, 0.2) is 5.78 Å². The fourth-order valence-electron chi connectivity index (χ4n) is 3.39. The van der Waals surface area contributed by atoms with Gasteiger partial charge in [-0.05, 0) is 59.7 Å². The predicted molar refractivity (Wildman–Crippen MR) is 119 cm³/mol. The lowest BCUT2D eigenvalue weighted by atomic mass is 9.99. The van der Waals surface area contributed by atoms with E-state index in [0.717, 1.165) is 22.0 Å². The Morgan fingerprint density at radius 3 is 2.10 bits per heavy atom. The first-order valence-corrected chi connectivity index (χ1v) is 9.98. The Morgan fingerprint density at radius 2 is 1.47 bits per heavy atom. The van der Waals surface area contributed by atoms with E-state index in [0.29, 0.717) is 21.2 Å². The van der Waals surface area contributed by atoms with Crippen LogP contribution in [0.1, 0.15) is 15.9 Å². The molecular weight excluding hydrogens is 421 g/mol. The van der Waals surface area contributed by atoms with E-state index in [1.807, 2.05) is 42.5 Å². The number of ketones is 1. The van der Waals surface area contributed by atoms with Crippen molar-refractivity contribution in [3.8, 4) is 11.1 Å². The second-order valence-electron chi connectivity index (χ2n) is 6.82. The van der Waals surface area contributed by atoms with E-state index in [9.17, 15) is 9.59 Å². The molecule has 6 heteroatoms. The molecule has 0 amide bonds. The minimum atomic E-state index is -0.390. The number of ether oxygens (including phenoxy) is 1. The van der Waals surface area contributed by atoms with Gasteiger partial charge in [-0.25, -0.2) is 0 Å². The molecule has 4 aromatic rings. The lowest BCUT2D eigenvalue weighted by Crippen LogP contribution is -2.10. The first-order valence-electron chi connectivity index (χ1n) is 9.22. The van der Waals surface area contributed by atoms with E-state index in [4.69, 9.17) is 27.9 Å². The molecule has 0 atom stereocenters. The van der Waals surface area contributed by atoms with Gasteiger partial charge in [0.1, 0.15) is 6.54 Å². The van der Waals surface area contributed by atoms with Crippen LogP contribution in [-0.4, -0.2) is 23.4 Å². The molecule has 0 N–H and O–H groups in total. The lowest BCUT2D eigenvalue weighted by molar-refractivity contribution is -0.141. The fourth-order valence-corrected chi connectivity index (χ4v) is 3.64. The van der Waals surface area contributed by atoms with Gasteiger partial charge in [-0.1, -0.05) is 41.4 Å². The van der Waals surface area contributed by atoms with Crippen molar-refractivity contribution in [1.29, 1.82) is 0 Å². The van der Waals surface area contributed by atoms with Crippen LogP contribution in [0.25, 0.3) is 22.0 Å². The summed E-state index contributed by atoms with van der Waals surface area (Å²) in [4.78, 5) is 25.1. The number of nitrogens with zero attached hydrogens (tertiary/aromatic N) is 1. The Kier molecular flexibility index (Phi) is 5.62. The molecule has 4 nitrogen and oxygen atoms in total. The summed E-state index contributed by atoms with van der Waals surface area (Å²) in [6.45, 7) is 0.0151. The van der Waals surface area contributed by atoms with E-state index in [1.165, 1.54) is 7.11 Å². The van der Waals surface area contributed by atoms with Crippen molar-refractivity contribution in [3.05, 3.63) is 94.1 Å². The number of esters is 1. The molecule has 0 radical (unpaired) electrons. The van der Waals surface area contributed by atoms with Gasteiger partial charge in [0.2, 0.25) is 0 Å². The smallest absolute Gasteiger partial charge is 0.325 e. The highest BCUT2D eigenvalue weighted by Gasteiger charge is 2.19. The largest absolute Gasteiger partial charge is 0.468 e. The second-order valence-corrected chi connectivity index (χ2v) is 7.69. The molecule has 0 bridgehead atoms. The van der Waals surface area contributed by atoms with Crippen molar-refractivity contribution in [2.24, 2.45) is 0 Å². The molecule has 0 aliphatic heterocycles. The number of carbonyl (C=O) groups is 2. The monoisotopic (exact) mass is 437 g/mol. The van der Waals surface area contributed by atoms with Crippen molar-refractivity contribution in [3.63, 3.8) is 0 Å². The number of hydrogen-bond acceptors (Lipinski definition) is 3. The van der Waals surface area contributed by atoms with Crippen molar-refractivity contribution in [2.75, 3.05) is 7.11 Å². The van der Waals surface area contributed by atoms with Crippen LogP contribution in [0.2, 0.25) is 10.0 Å². The third-order valence-electron chi connectivity index (χ3n) is 4.94. The highest BCUT2D eigenvalue weighted by molar-refractivity contribution is 6.31. The van der Waals surface area contributed by atoms with Gasteiger partial charge in [0.05, 0.1) is 7.11 Å². The van der Waals surface area contributed by atoms with Gasteiger partial charge in [-0.15, -0.1) is 0 Å². The molecule has 1 aromatic heterocycles. The number of benzene rings is 3. The highest BCUT2D eigenvalue weighted by Crippen LogP contribution is 2.30. The molecule has 30 heavy (non-hydrogen) atoms. The maximum atomic E-state index is 13.2. The first kappa shape index (κ1) is 20.2. The SMILES string of the molecule is COC(=O)Cn1cc(C(=O)c2ccc(Cl)cc2)c2cc(-c3ccc(Cl)cc3)ccc21. The molecule has 0 unspecified atom stereocenters. The topological polar surface area (TPSA) is 48.3 Å². The minimum absolute atomic E-state index is 0.0151. The van der Waals surface area contributed by atoms with E-state index in [1.54, 1.807) is 35.0 Å². The van der Waals surface area contributed by atoms with Crippen molar-refractivity contribution < 1.29 is 14.3 Å². The van der Waals surface area contributed by atoms with Gasteiger partial charge in [0.25, 0.3) is 0 Å². The molecule has 1 heterocycles. The number of carbonyl (C=O) groups excluding carboxylic acids is 2. The normalized spacial score (nSPS) is 10.9. The zero-order chi connectivity index (χ0) is 21.3. The van der Waals surface area contributed by atoms with Crippen LogP contribution >= 0.6 is 23.2 Å². The molecule has 0 saturated heterocycles. The summed E-state index contributed by atoms with van der Waals surface area (Å²) in [5.41, 5.74) is 3.72. The summed E-state index contributed by atoms with van der Waals surface area (Å²) in [6.07, 6.45) is 1.70. The highest BCUT2D eigenvalue weighted by atomic mass is 35.5. The van der Waals surface area contributed by atoms with Gasteiger partial charge in [-0.3, -0.25) is 9.59 Å². The van der Waals surface area contributed by atoms with E-state index in [-0.39, 0.29) is 18.3 Å². The Balaban J connectivity index is 1.86. The Hall–Kier alpha value is -3.08. The average Bonchev–Trinajstić information content (AvgIpc) is 3.11. The molecule has 4 rings (SSSR count).